The number of amides is 2. The number of hydrogen-bond acceptors (Lipinski definition) is 6. The van der Waals surface area contributed by atoms with E-state index < -0.39 is 23.7 Å². The van der Waals surface area contributed by atoms with E-state index in [1.54, 1.807) is 28.7 Å². The zero-order valence-electron chi connectivity index (χ0n) is 23.8. The van der Waals surface area contributed by atoms with Crippen LogP contribution in [0.1, 0.15) is 23.5 Å². The molecule has 1 unspecified atom stereocenters. The van der Waals surface area contributed by atoms with Crippen LogP contribution in [0.15, 0.2) is 60.9 Å². The fraction of sp³-hybridized carbons (Fsp3) is 0.367. The molecule has 1 saturated heterocycles. The molecular weight excluding hydrogens is 544 g/mol. The normalized spacial score (nSPS) is 17.9. The molecule has 2 amide bonds. The molecule has 0 spiro atoms. The topological polar surface area (TPSA) is 109 Å². The lowest BCUT2D eigenvalue weighted by atomic mass is 9.94. The van der Waals surface area contributed by atoms with E-state index in [4.69, 9.17) is 9.84 Å². The van der Waals surface area contributed by atoms with E-state index in [9.17, 15) is 18.7 Å². The number of rotatable bonds is 10. The van der Waals surface area contributed by atoms with Crippen molar-refractivity contribution >= 4 is 11.8 Å². The maximum Gasteiger partial charge on any atom is 0.320 e. The number of methoxy groups -OCH3 is 1. The molecular formula is C30H35F2N7O3. The summed E-state index contributed by atoms with van der Waals surface area (Å²) in [6, 6.07) is 12.3. The van der Waals surface area contributed by atoms with Gasteiger partial charge in [0.25, 0.3) is 0 Å². The number of nitrogens with zero attached hydrogens (tertiary/aromatic N) is 5. The summed E-state index contributed by atoms with van der Waals surface area (Å²) in [6.45, 7) is 3.15. The highest BCUT2D eigenvalue weighted by Gasteiger charge is 2.38. The van der Waals surface area contributed by atoms with Crippen LogP contribution in [0.5, 0.6) is 0 Å². The summed E-state index contributed by atoms with van der Waals surface area (Å²) in [6.07, 6.45) is 4.05. The van der Waals surface area contributed by atoms with E-state index in [1.165, 1.54) is 6.07 Å². The Bertz CT molecular complexity index is 1520. The van der Waals surface area contributed by atoms with Crippen LogP contribution in [-0.4, -0.2) is 81.1 Å². The molecule has 0 bridgehead atoms. The smallest absolute Gasteiger partial charge is 0.320 e. The number of likely N-dealkylation sites (tertiary alicyclic amines) is 1. The average Bonchev–Trinajstić information content (AvgIpc) is 3.68. The highest BCUT2D eigenvalue weighted by atomic mass is 19.2. The maximum atomic E-state index is 14.2. The monoisotopic (exact) mass is 579 g/mol. The molecule has 0 saturated carbocycles. The molecule has 4 aromatic rings. The Balaban J connectivity index is 1.44. The summed E-state index contributed by atoms with van der Waals surface area (Å²) < 4.78 is 36.7. The minimum atomic E-state index is -0.941. The second-order valence-electron chi connectivity index (χ2n) is 10.5. The van der Waals surface area contributed by atoms with Crippen molar-refractivity contribution in [3.8, 4) is 16.9 Å². The third-order valence-electron chi connectivity index (χ3n) is 7.71. The van der Waals surface area contributed by atoms with Crippen LogP contribution in [-0.2, 0) is 11.8 Å². The summed E-state index contributed by atoms with van der Waals surface area (Å²) in [4.78, 5) is 15.7. The van der Waals surface area contributed by atoms with E-state index in [0.29, 0.717) is 43.2 Å². The number of aliphatic hydroxyl groups is 1. The number of para-hydroxylation sites is 1. The molecule has 0 radical (unpaired) electrons. The number of anilines is 1. The van der Waals surface area contributed by atoms with Crippen LogP contribution in [0.4, 0.5) is 19.4 Å². The van der Waals surface area contributed by atoms with Crippen molar-refractivity contribution in [1.29, 1.82) is 0 Å². The molecule has 222 valence electrons. The van der Waals surface area contributed by atoms with Gasteiger partial charge in [0.1, 0.15) is 11.5 Å². The number of benzene rings is 2. The van der Waals surface area contributed by atoms with E-state index >= 15 is 0 Å². The third-order valence-corrected chi connectivity index (χ3v) is 7.71. The zero-order valence-corrected chi connectivity index (χ0v) is 23.8. The number of carbonyl (C=O) groups is 1. The van der Waals surface area contributed by atoms with Crippen LogP contribution in [0, 0.1) is 18.6 Å². The van der Waals surface area contributed by atoms with Crippen LogP contribution >= 0.6 is 0 Å². The highest BCUT2D eigenvalue weighted by molar-refractivity contribution is 5.91. The predicted octanol–water partition coefficient (Wildman–Crippen LogP) is 3.85. The van der Waals surface area contributed by atoms with Gasteiger partial charge in [0.2, 0.25) is 0 Å². The predicted molar refractivity (Wildman–Crippen MR) is 154 cm³/mol. The Hall–Kier alpha value is -4.13. The fourth-order valence-electron chi connectivity index (χ4n) is 5.60. The first-order valence-corrected chi connectivity index (χ1v) is 13.8. The Labute approximate surface area is 242 Å². The third kappa shape index (κ3) is 6.20. The Kier molecular flexibility index (Phi) is 8.95. The van der Waals surface area contributed by atoms with E-state index in [1.807, 2.05) is 50.5 Å². The van der Waals surface area contributed by atoms with Crippen LogP contribution in [0.2, 0.25) is 0 Å². The highest BCUT2D eigenvalue weighted by Crippen LogP contribution is 2.32. The standard InChI is InChI=1S/C30H35F2N7O3/c1-19-28(21-14-33-37(2)15-21)36-39(22-7-5-4-6-8-22)29(19)35-30(41)34-27-17-38(23(11-12-40)18-42-3)16-24(27)20-9-10-25(31)26(32)13-20/h4-10,13-15,23-24,27,40H,11-12,16-18H2,1-3H3,(H2,34,35,41)/t23?,24-,27+/m0/s1. The first-order valence-electron chi connectivity index (χ1n) is 13.8. The SMILES string of the molecule is COCC(CCO)N1C[C@@H](NC(=O)Nc2c(C)c(-c3cnn(C)c3)nn2-c2ccccc2)[C@H](c2ccc(F)c(F)c2)C1. The van der Waals surface area contributed by atoms with E-state index in [2.05, 4.69) is 20.6 Å². The maximum absolute atomic E-state index is 14.2. The lowest BCUT2D eigenvalue weighted by Crippen LogP contribution is -2.44. The van der Waals surface area contributed by atoms with E-state index in [-0.39, 0.29) is 18.6 Å². The van der Waals surface area contributed by atoms with Crippen molar-refractivity contribution in [3.05, 3.63) is 83.7 Å². The second kappa shape index (κ2) is 12.8. The largest absolute Gasteiger partial charge is 0.396 e. The van der Waals surface area contributed by atoms with Gasteiger partial charge in [0.05, 0.1) is 24.5 Å². The summed E-state index contributed by atoms with van der Waals surface area (Å²) in [7, 11) is 3.42. The second-order valence-corrected chi connectivity index (χ2v) is 10.5. The molecule has 1 aliphatic rings. The van der Waals surface area contributed by atoms with Crippen molar-refractivity contribution in [2.45, 2.75) is 31.3 Å². The molecule has 0 aliphatic carbocycles. The number of halogens is 2. The van der Waals surface area contributed by atoms with Gasteiger partial charge in [-0.1, -0.05) is 24.3 Å². The van der Waals surface area contributed by atoms with E-state index in [0.717, 1.165) is 22.9 Å². The summed E-state index contributed by atoms with van der Waals surface area (Å²) in [5, 5.41) is 24.7. The van der Waals surface area contributed by atoms with Gasteiger partial charge in [0.15, 0.2) is 11.6 Å². The molecule has 3 atom stereocenters. The number of aromatic nitrogens is 4. The molecule has 1 fully saturated rings. The van der Waals surface area contributed by atoms with Crippen molar-refractivity contribution in [3.63, 3.8) is 0 Å². The number of nitrogens with one attached hydrogen (secondary N) is 2. The first kappa shape index (κ1) is 29.4. The quantitative estimate of drug-likeness (QED) is 0.264. The number of hydrogen-bond donors (Lipinski definition) is 3. The molecule has 1 aliphatic heterocycles. The number of aryl methyl sites for hydroxylation is 1. The van der Waals surface area contributed by atoms with Gasteiger partial charge < -0.3 is 15.2 Å². The zero-order chi connectivity index (χ0) is 29.8. The fourth-order valence-corrected chi connectivity index (χ4v) is 5.60. The summed E-state index contributed by atoms with van der Waals surface area (Å²) in [5.41, 5.74) is 3.59. The summed E-state index contributed by atoms with van der Waals surface area (Å²) in [5.74, 6) is -1.70. The number of urea groups is 1. The van der Waals surface area contributed by atoms with Gasteiger partial charge in [-0.3, -0.25) is 14.9 Å². The molecule has 12 heteroatoms. The van der Waals surface area contributed by atoms with Gasteiger partial charge in [-0.2, -0.15) is 10.2 Å². The number of carbonyl (C=O) groups excluding carboxylic acids is 1. The lowest BCUT2D eigenvalue weighted by Gasteiger charge is -2.26. The van der Waals surface area contributed by atoms with Crippen LogP contribution in [0.3, 0.4) is 0 Å². The van der Waals surface area contributed by atoms with Crippen molar-refractivity contribution in [1.82, 2.24) is 29.8 Å². The van der Waals surface area contributed by atoms with Gasteiger partial charge >= 0.3 is 6.03 Å². The molecule has 3 heterocycles. The molecule has 2 aromatic carbocycles. The van der Waals surface area contributed by atoms with Gasteiger partial charge in [-0.25, -0.2) is 18.3 Å². The molecule has 3 N–H and O–H groups in total. The molecule has 10 nitrogen and oxygen atoms in total. The van der Waals surface area contributed by atoms with Crippen molar-refractivity contribution in [2.75, 3.05) is 38.7 Å². The van der Waals surface area contributed by atoms with Gasteiger partial charge in [-0.15, -0.1) is 0 Å². The van der Waals surface area contributed by atoms with Crippen molar-refractivity contribution in [2.24, 2.45) is 7.05 Å². The minimum Gasteiger partial charge on any atom is -0.396 e. The van der Waals surface area contributed by atoms with Crippen molar-refractivity contribution < 1.29 is 23.4 Å². The minimum absolute atomic E-state index is 0.0268. The average molecular weight is 580 g/mol. The van der Waals surface area contributed by atoms with Crippen LogP contribution in [0.25, 0.3) is 16.9 Å². The number of ether oxygens (including phenoxy) is 1. The Morgan fingerprint density at radius 3 is 2.62 bits per heavy atom. The number of aliphatic hydroxyl groups excluding tert-OH is 1. The molecule has 42 heavy (non-hydrogen) atoms. The molecule has 2 aromatic heterocycles. The Morgan fingerprint density at radius 2 is 1.95 bits per heavy atom. The van der Waals surface area contributed by atoms with Gasteiger partial charge in [-0.05, 0) is 43.2 Å². The molecule has 5 rings (SSSR count). The lowest BCUT2D eigenvalue weighted by molar-refractivity contribution is 0.0856. The Morgan fingerprint density at radius 1 is 1.17 bits per heavy atom. The van der Waals surface area contributed by atoms with Gasteiger partial charge in [0, 0.05) is 63.1 Å². The van der Waals surface area contributed by atoms with Crippen LogP contribution < -0.4 is 10.6 Å². The summed E-state index contributed by atoms with van der Waals surface area (Å²) >= 11 is 0. The first-order chi connectivity index (χ1) is 20.3.